The number of hydrogen-bond acceptors (Lipinski definition) is 7. The number of amides is 1. The Kier molecular flexibility index (Phi) is 7.07. The van der Waals surface area contributed by atoms with E-state index in [2.05, 4.69) is 39.4 Å². The number of ether oxygens (including phenoxy) is 2. The molecule has 2 aliphatic rings. The van der Waals surface area contributed by atoms with Crippen LogP contribution in [0.1, 0.15) is 16.8 Å². The van der Waals surface area contributed by atoms with Crippen molar-refractivity contribution in [2.24, 2.45) is 0 Å². The standard InChI is InChI=1S/C29H30F2N6O3/c1-32-28(38)19-13-22(26(31)25(30)14-19)23-15-33-37-16-24(29(34-27(23)37)40-21-7-12-39-17-21)18-3-5-20(6-4-18)36-10-8-35(2)9-11-36/h3-6,13-16,21H,7-12,17H2,1-2H3,(H,32,38)/t21-/m0/s1. The van der Waals surface area contributed by atoms with Crippen LogP contribution in [0.5, 0.6) is 5.88 Å². The van der Waals surface area contributed by atoms with Gasteiger partial charge in [0.2, 0.25) is 5.88 Å². The number of carbonyl (C=O) groups is 1. The molecule has 2 aromatic heterocycles. The maximum atomic E-state index is 15.0. The number of benzene rings is 2. The minimum Gasteiger partial charge on any atom is -0.471 e. The van der Waals surface area contributed by atoms with Crippen molar-refractivity contribution in [3.8, 4) is 28.1 Å². The van der Waals surface area contributed by atoms with Crippen molar-refractivity contribution in [1.82, 2.24) is 24.8 Å². The molecule has 0 saturated carbocycles. The van der Waals surface area contributed by atoms with Gasteiger partial charge in [0.1, 0.15) is 6.10 Å². The smallest absolute Gasteiger partial charge is 0.251 e. The number of aromatic nitrogens is 3. The quantitative estimate of drug-likeness (QED) is 0.394. The van der Waals surface area contributed by atoms with Gasteiger partial charge in [0, 0.05) is 68.2 Å². The lowest BCUT2D eigenvalue weighted by atomic mass is 10.0. The highest BCUT2D eigenvalue weighted by Crippen LogP contribution is 2.35. The van der Waals surface area contributed by atoms with Gasteiger partial charge < -0.3 is 24.6 Å². The van der Waals surface area contributed by atoms with Gasteiger partial charge in [0.05, 0.1) is 25.0 Å². The lowest BCUT2D eigenvalue weighted by molar-refractivity contribution is 0.0962. The van der Waals surface area contributed by atoms with E-state index in [9.17, 15) is 13.6 Å². The van der Waals surface area contributed by atoms with Gasteiger partial charge in [-0.05, 0) is 36.9 Å². The maximum absolute atomic E-state index is 15.0. The van der Waals surface area contributed by atoms with Gasteiger partial charge in [0.15, 0.2) is 17.3 Å². The highest BCUT2D eigenvalue weighted by Gasteiger charge is 2.24. The van der Waals surface area contributed by atoms with E-state index in [1.807, 2.05) is 12.1 Å². The van der Waals surface area contributed by atoms with Crippen molar-refractivity contribution < 1.29 is 23.0 Å². The molecule has 1 N–H and O–H groups in total. The van der Waals surface area contributed by atoms with Gasteiger partial charge in [-0.15, -0.1) is 0 Å². The van der Waals surface area contributed by atoms with Crippen LogP contribution in [0.15, 0.2) is 48.8 Å². The van der Waals surface area contributed by atoms with Crippen molar-refractivity contribution >= 4 is 17.2 Å². The minimum absolute atomic E-state index is 0.00705. The second kappa shape index (κ2) is 10.8. The van der Waals surface area contributed by atoms with E-state index in [0.29, 0.717) is 24.7 Å². The van der Waals surface area contributed by atoms with E-state index in [-0.39, 0.29) is 28.4 Å². The molecule has 0 unspecified atom stereocenters. The van der Waals surface area contributed by atoms with Crippen molar-refractivity contribution in [2.45, 2.75) is 12.5 Å². The first-order chi connectivity index (χ1) is 19.4. The number of carbonyl (C=O) groups excluding carboxylic acids is 1. The van der Waals surface area contributed by atoms with Crippen LogP contribution in [-0.4, -0.2) is 85.0 Å². The van der Waals surface area contributed by atoms with Crippen LogP contribution in [0.25, 0.3) is 27.9 Å². The van der Waals surface area contributed by atoms with Gasteiger partial charge in [-0.3, -0.25) is 4.79 Å². The fourth-order valence-electron chi connectivity index (χ4n) is 5.11. The summed E-state index contributed by atoms with van der Waals surface area (Å²) in [6, 6.07) is 10.4. The van der Waals surface area contributed by atoms with Gasteiger partial charge in [-0.25, -0.2) is 13.3 Å². The topological polar surface area (TPSA) is 84.2 Å². The van der Waals surface area contributed by atoms with Crippen LogP contribution in [-0.2, 0) is 4.74 Å². The Bertz CT molecular complexity index is 1540. The molecule has 0 spiro atoms. The Morgan fingerprint density at radius 1 is 1.07 bits per heavy atom. The first-order valence-electron chi connectivity index (χ1n) is 13.3. The second-order valence-electron chi connectivity index (χ2n) is 10.1. The predicted octanol–water partition coefficient (Wildman–Crippen LogP) is 3.62. The van der Waals surface area contributed by atoms with Crippen molar-refractivity contribution in [2.75, 3.05) is 58.4 Å². The molecule has 4 aromatic rings. The summed E-state index contributed by atoms with van der Waals surface area (Å²) in [5.74, 6) is -2.40. The molecule has 1 atom stereocenters. The van der Waals surface area contributed by atoms with Crippen LogP contribution in [0.4, 0.5) is 14.5 Å². The molecule has 6 rings (SSSR count). The van der Waals surface area contributed by atoms with E-state index in [0.717, 1.165) is 49.9 Å². The fourth-order valence-corrected chi connectivity index (χ4v) is 5.11. The number of rotatable bonds is 6. The largest absolute Gasteiger partial charge is 0.471 e. The number of nitrogens with zero attached hydrogens (tertiary/aromatic N) is 5. The molecule has 0 bridgehead atoms. The van der Waals surface area contributed by atoms with E-state index >= 15 is 0 Å². The lowest BCUT2D eigenvalue weighted by Crippen LogP contribution is -2.44. The Hall–Kier alpha value is -4.09. The average molecular weight is 549 g/mol. The molecule has 11 heteroatoms. The highest BCUT2D eigenvalue weighted by molar-refractivity contribution is 5.96. The number of likely N-dealkylation sites (N-methyl/N-ethyl adjacent to an activating group) is 1. The summed E-state index contributed by atoms with van der Waals surface area (Å²) in [4.78, 5) is 21.6. The van der Waals surface area contributed by atoms with Crippen molar-refractivity contribution in [3.05, 3.63) is 66.0 Å². The van der Waals surface area contributed by atoms with E-state index in [1.54, 1.807) is 6.20 Å². The summed E-state index contributed by atoms with van der Waals surface area (Å²) in [6.07, 6.45) is 3.72. The molecule has 40 heavy (non-hydrogen) atoms. The molecule has 4 heterocycles. The Labute approximate surface area is 230 Å². The van der Waals surface area contributed by atoms with Crippen LogP contribution < -0.4 is 15.0 Å². The summed E-state index contributed by atoms with van der Waals surface area (Å²) >= 11 is 0. The number of hydrogen-bond donors (Lipinski definition) is 1. The lowest BCUT2D eigenvalue weighted by Gasteiger charge is -2.34. The molecule has 0 radical (unpaired) electrons. The number of piperazine rings is 1. The molecule has 1 amide bonds. The molecule has 9 nitrogen and oxygen atoms in total. The average Bonchev–Trinajstić information content (AvgIpc) is 3.64. The van der Waals surface area contributed by atoms with Crippen LogP contribution in [0.2, 0.25) is 0 Å². The normalized spacial score (nSPS) is 17.9. The second-order valence-corrected chi connectivity index (χ2v) is 10.1. The number of nitrogens with one attached hydrogen (secondary N) is 1. The molecule has 2 aromatic carbocycles. The minimum atomic E-state index is -1.13. The van der Waals surface area contributed by atoms with Gasteiger partial charge >= 0.3 is 0 Å². The Morgan fingerprint density at radius 2 is 1.85 bits per heavy atom. The summed E-state index contributed by atoms with van der Waals surface area (Å²) in [7, 11) is 3.56. The van der Waals surface area contributed by atoms with E-state index in [4.69, 9.17) is 14.5 Å². The molecular formula is C29H30F2N6O3. The van der Waals surface area contributed by atoms with Crippen LogP contribution in [0, 0.1) is 11.6 Å². The van der Waals surface area contributed by atoms with Gasteiger partial charge in [0.25, 0.3) is 5.91 Å². The monoisotopic (exact) mass is 548 g/mol. The Morgan fingerprint density at radius 3 is 2.55 bits per heavy atom. The summed E-state index contributed by atoms with van der Waals surface area (Å²) in [5.41, 5.74) is 3.15. The van der Waals surface area contributed by atoms with E-state index < -0.39 is 17.5 Å². The highest BCUT2D eigenvalue weighted by atomic mass is 19.2. The Balaban J connectivity index is 1.42. The van der Waals surface area contributed by atoms with Crippen LogP contribution >= 0.6 is 0 Å². The maximum Gasteiger partial charge on any atom is 0.251 e. The molecular weight excluding hydrogens is 518 g/mol. The molecule has 2 aliphatic heterocycles. The van der Waals surface area contributed by atoms with Crippen molar-refractivity contribution in [3.63, 3.8) is 0 Å². The first kappa shape index (κ1) is 26.1. The zero-order chi connectivity index (χ0) is 27.8. The third-order valence-electron chi connectivity index (χ3n) is 7.48. The zero-order valence-corrected chi connectivity index (χ0v) is 22.4. The fraction of sp³-hybridized carbons (Fsp3) is 0.345. The first-order valence-corrected chi connectivity index (χ1v) is 13.3. The molecule has 2 fully saturated rings. The third kappa shape index (κ3) is 4.98. The molecule has 0 aliphatic carbocycles. The third-order valence-corrected chi connectivity index (χ3v) is 7.48. The molecule has 208 valence electrons. The van der Waals surface area contributed by atoms with Gasteiger partial charge in [-0.1, -0.05) is 12.1 Å². The summed E-state index contributed by atoms with van der Waals surface area (Å²) in [6.45, 7) is 5.00. The number of anilines is 1. The SMILES string of the molecule is CNC(=O)c1cc(F)c(F)c(-c2cnn3cc(-c4ccc(N5CCN(C)CC5)cc4)c(O[C@H]4CCOC4)nc23)c1. The van der Waals surface area contributed by atoms with Crippen LogP contribution in [0.3, 0.4) is 0 Å². The van der Waals surface area contributed by atoms with E-state index in [1.165, 1.54) is 23.8 Å². The number of fused-ring (bicyclic) bond motifs is 1. The van der Waals surface area contributed by atoms with Crippen molar-refractivity contribution in [1.29, 1.82) is 0 Å². The summed E-state index contributed by atoms with van der Waals surface area (Å²) in [5, 5.41) is 6.83. The molecule has 2 saturated heterocycles. The zero-order valence-electron chi connectivity index (χ0n) is 22.4. The predicted molar refractivity (Wildman–Crippen MR) is 147 cm³/mol. The summed E-state index contributed by atoms with van der Waals surface area (Å²) < 4.78 is 42.8. The van der Waals surface area contributed by atoms with Gasteiger partial charge in [-0.2, -0.15) is 10.1 Å². The number of halogens is 2.